The summed E-state index contributed by atoms with van der Waals surface area (Å²) in [5.74, 6) is 7.47. The van der Waals surface area contributed by atoms with Gasteiger partial charge in [0.2, 0.25) is 0 Å². The lowest BCUT2D eigenvalue weighted by Gasteiger charge is -2.35. The number of benzene rings is 1. The third kappa shape index (κ3) is 3.32. The summed E-state index contributed by atoms with van der Waals surface area (Å²) in [6.07, 6.45) is 18.1. The van der Waals surface area contributed by atoms with Crippen molar-refractivity contribution in [1.29, 1.82) is 0 Å². The molecule has 1 atom stereocenters. The number of allylic oxidation sites excluding steroid dienone is 2. The normalized spacial score (nSPS) is 23.1. The van der Waals surface area contributed by atoms with Gasteiger partial charge in [0.15, 0.2) is 5.69 Å². The molecule has 0 amide bonds. The standard InChI is InChI=1S/C27H32N3O2.ClH/c1-32-27(31)24-21-10-5-6-12-23(21)29-15-17-30(28)16-7-11-20-19(18-8-3-2-4-9-18)13-14-22(25(24)29)26(20)30;/h5,7,10,13-14,16,18H,2-4,6,8-9,11-12,15,17,28H2,1H3;1H/q+1;. The third-order valence-corrected chi connectivity index (χ3v) is 8.06. The predicted molar refractivity (Wildman–Crippen MR) is 135 cm³/mol. The van der Waals surface area contributed by atoms with Crippen LogP contribution in [-0.4, -0.2) is 24.2 Å². The minimum absolute atomic E-state index is 0. The largest absolute Gasteiger partial charge is 0.465 e. The van der Waals surface area contributed by atoms with Crippen LogP contribution in [-0.2, 0) is 24.1 Å². The number of methoxy groups -OCH3 is 1. The van der Waals surface area contributed by atoms with Gasteiger partial charge in [-0.25, -0.2) is 4.79 Å². The summed E-state index contributed by atoms with van der Waals surface area (Å²) in [7, 11) is 1.48. The van der Waals surface area contributed by atoms with E-state index in [9.17, 15) is 4.79 Å². The molecule has 2 aromatic rings. The van der Waals surface area contributed by atoms with Gasteiger partial charge < -0.3 is 9.30 Å². The van der Waals surface area contributed by atoms with Gasteiger partial charge >= 0.3 is 5.97 Å². The molecule has 0 spiro atoms. The smallest absolute Gasteiger partial charge is 0.340 e. The number of aromatic nitrogens is 1. The fourth-order valence-corrected chi connectivity index (χ4v) is 6.61. The van der Waals surface area contributed by atoms with Crippen LogP contribution in [0.3, 0.4) is 0 Å². The molecule has 33 heavy (non-hydrogen) atoms. The topological polar surface area (TPSA) is 57.2 Å². The Morgan fingerprint density at radius 2 is 2.00 bits per heavy atom. The summed E-state index contributed by atoms with van der Waals surface area (Å²) >= 11 is 0. The number of quaternary nitrogens is 1. The van der Waals surface area contributed by atoms with Gasteiger partial charge in [-0.05, 0) is 49.3 Å². The van der Waals surface area contributed by atoms with E-state index in [2.05, 4.69) is 41.1 Å². The van der Waals surface area contributed by atoms with Crippen molar-refractivity contribution in [2.75, 3.05) is 13.7 Å². The number of carbonyl (C=O) groups excluding carboxylic acids is 1. The molecule has 5 nitrogen and oxygen atoms in total. The lowest BCUT2D eigenvalue weighted by molar-refractivity contribution is 0.0601. The minimum Gasteiger partial charge on any atom is -0.465 e. The van der Waals surface area contributed by atoms with Crippen LogP contribution in [0.15, 0.2) is 30.5 Å². The number of ether oxygens (including phenoxy) is 1. The Hall–Kier alpha value is -2.34. The summed E-state index contributed by atoms with van der Waals surface area (Å²) in [5, 5.41) is 0. The Morgan fingerprint density at radius 1 is 1.18 bits per heavy atom. The molecule has 1 aromatic carbocycles. The number of fused-ring (bicyclic) bond motifs is 4. The average molecular weight is 467 g/mol. The maximum atomic E-state index is 13.1. The van der Waals surface area contributed by atoms with E-state index in [1.165, 1.54) is 61.7 Å². The van der Waals surface area contributed by atoms with E-state index in [1.54, 1.807) is 0 Å². The fraction of sp³-hybridized carbons (Fsp3) is 0.444. The molecule has 3 heterocycles. The number of hydrogen-bond acceptors (Lipinski definition) is 3. The molecular formula is C27H33ClN3O2+. The van der Waals surface area contributed by atoms with Crippen molar-refractivity contribution >= 4 is 30.1 Å². The molecule has 1 fully saturated rings. The van der Waals surface area contributed by atoms with Crippen molar-refractivity contribution in [2.24, 2.45) is 5.84 Å². The Bertz CT molecular complexity index is 1170. The van der Waals surface area contributed by atoms with Crippen LogP contribution in [0.25, 0.3) is 17.3 Å². The molecule has 2 N–H and O–H groups in total. The van der Waals surface area contributed by atoms with E-state index in [1.807, 2.05) is 0 Å². The molecular weight excluding hydrogens is 434 g/mol. The van der Waals surface area contributed by atoms with Crippen molar-refractivity contribution in [3.63, 3.8) is 0 Å². The summed E-state index contributed by atoms with van der Waals surface area (Å²) in [6, 6.07) is 4.59. The highest BCUT2D eigenvalue weighted by Crippen LogP contribution is 2.49. The Balaban J connectivity index is 0.00000228. The Labute approximate surface area is 201 Å². The first-order chi connectivity index (χ1) is 15.6. The van der Waals surface area contributed by atoms with E-state index in [4.69, 9.17) is 10.6 Å². The van der Waals surface area contributed by atoms with E-state index < -0.39 is 0 Å². The maximum absolute atomic E-state index is 13.1. The van der Waals surface area contributed by atoms with E-state index in [0.29, 0.717) is 16.1 Å². The van der Waals surface area contributed by atoms with Crippen LogP contribution in [0.1, 0.15) is 77.2 Å². The number of nitrogens with zero attached hydrogens (tertiary/aromatic N) is 2. The highest BCUT2D eigenvalue weighted by atomic mass is 35.5. The van der Waals surface area contributed by atoms with Crippen molar-refractivity contribution < 1.29 is 9.53 Å². The maximum Gasteiger partial charge on any atom is 0.340 e. The first-order valence-electron chi connectivity index (χ1n) is 12.1. The fourth-order valence-electron chi connectivity index (χ4n) is 6.61. The summed E-state index contributed by atoms with van der Waals surface area (Å²) in [6.45, 7) is 1.57. The lowest BCUT2D eigenvalue weighted by atomic mass is 9.79. The molecule has 4 aliphatic rings. The third-order valence-electron chi connectivity index (χ3n) is 8.06. The number of rotatable bonds is 2. The number of hydrogen-bond donors (Lipinski definition) is 1. The molecule has 1 unspecified atom stereocenters. The zero-order valence-corrected chi connectivity index (χ0v) is 20.1. The number of halogens is 1. The zero-order valence-electron chi connectivity index (χ0n) is 19.3. The molecule has 6 heteroatoms. The van der Waals surface area contributed by atoms with E-state index in [-0.39, 0.29) is 18.4 Å². The highest BCUT2D eigenvalue weighted by molar-refractivity contribution is 6.03. The quantitative estimate of drug-likeness (QED) is 0.354. The predicted octanol–water partition coefficient (Wildman–Crippen LogP) is 5.64. The molecule has 2 aliphatic heterocycles. The van der Waals surface area contributed by atoms with Crippen LogP contribution >= 0.6 is 12.4 Å². The van der Waals surface area contributed by atoms with Crippen LogP contribution in [0, 0.1) is 0 Å². The van der Waals surface area contributed by atoms with Gasteiger partial charge in [-0.15, -0.1) is 12.4 Å². The lowest BCUT2D eigenvalue weighted by Crippen LogP contribution is -2.54. The first kappa shape index (κ1) is 22.5. The number of esters is 1. The van der Waals surface area contributed by atoms with Gasteiger partial charge in [0, 0.05) is 23.2 Å². The molecule has 2 aliphatic carbocycles. The summed E-state index contributed by atoms with van der Waals surface area (Å²) in [5.41, 5.74) is 9.14. The van der Waals surface area contributed by atoms with Crippen LogP contribution < -0.4 is 10.4 Å². The minimum atomic E-state index is -0.255. The van der Waals surface area contributed by atoms with Gasteiger partial charge in [0.05, 0.1) is 30.5 Å². The number of nitrogens with two attached hydrogens (primary N) is 1. The Morgan fingerprint density at radius 3 is 2.79 bits per heavy atom. The van der Waals surface area contributed by atoms with Crippen LogP contribution in [0.2, 0.25) is 0 Å². The van der Waals surface area contributed by atoms with Crippen molar-refractivity contribution in [2.45, 2.75) is 63.8 Å². The number of carbonyl (C=O) groups is 1. The second-order valence-electron chi connectivity index (χ2n) is 9.78. The molecule has 0 saturated heterocycles. The zero-order chi connectivity index (χ0) is 21.9. The van der Waals surface area contributed by atoms with Crippen LogP contribution in [0.5, 0.6) is 0 Å². The molecule has 0 bridgehead atoms. The molecule has 1 saturated carbocycles. The van der Waals surface area contributed by atoms with Gasteiger partial charge in [-0.1, -0.05) is 37.5 Å². The molecule has 1 aromatic heterocycles. The summed E-state index contributed by atoms with van der Waals surface area (Å²) < 4.78 is 7.97. The van der Waals surface area contributed by atoms with E-state index >= 15 is 0 Å². The summed E-state index contributed by atoms with van der Waals surface area (Å²) in [4.78, 5) is 13.1. The van der Waals surface area contributed by atoms with Gasteiger partial charge in [-0.3, -0.25) is 0 Å². The van der Waals surface area contributed by atoms with Crippen molar-refractivity contribution in [3.8, 4) is 11.3 Å². The monoisotopic (exact) mass is 466 g/mol. The van der Waals surface area contributed by atoms with Crippen molar-refractivity contribution in [3.05, 3.63) is 58.4 Å². The second-order valence-corrected chi connectivity index (χ2v) is 9.78. The first-order valence-corrected chi connectivity index (χ1v) is 12.1. The van der Waals surface area contributed by atoms with Crippen LogP contribution in [0.4, 0.5) is 5.69 Å². The second kappa shape index (κ2) is 8.46. The molecule has 0 radical (unpaired) electrons. The van der Waals surface area contributed by atoms with Crippen molar-refractivity contribution in [1.82, 2.24) is 9.16 Å². The van der Waals surface area contributed by atoms with Gasteiger partial charge in [-0.2, -0.15) is 10.4 Å². The van der Waals surface area contributed by atoms with Gasteiger partial charge in [0.1, 0.15) is 12.7 Å². The SMILES string of the molecule is COC(=O)c1c2c(n3c1-c1ccc(C4CCCCC4)c4c1[N+](N)(C=CC4)CC3)CCC=C2.Cl. The molecule has 6 rings (SSSR count). The van der Waals surface area contributed by atoms with E-state index in [0.717, 1.165) is 49.2 Å². The Kier molecular flexibility index (Phi) is 5.76. The highest BCUT2D eigenvalue weighted by Gasteiger charge is 2.42. The van der Waals surface area contributed by atoms with Gasteiger partial charge in [0.25, 0.3) is 0 Å². The average Bonchev–Trinajstić information content (AvgIpc) is 3.09. The molecule has 174 valence electrons.